The number of benzene rings is 1. The van der Waals surface area contributed by atoms with Gasteiger partial charge in [-0.2, -0.15) is 0 Å². The number of Topliss-reactive ketones (excluding diaryl/α,β-unsaturated/α-hetero) is 1. The Kier molecular flexibility index (Phi) is 11.8. The van der Waals surface area contributed by atoms with Crippen molar-refractivity contribution < 1.29 is 45.9 Å². The van der Waals surface area contributed by atoms with Gasteiger partial charge in [0.05, 0.1) is 59.7 Å². The van der Waals surface area contributed by atoms with Gasteiger partial charge < -0.3 is 19.3 Å². The third kappa shape index (κ3) is 8.86. The zero-order chi connectivity index (χ0) is 43.4. The minimum Gasteiger partial charge on any atom is -0.495 e. The van der Waals surface area contributed by atoms with Crippen molar-refractivity contribution >= 4 is 56.0 Å². The van der Waals surface area contributed by atoms with E-state index in [1.54, 1.807) is 63.4 Å². The number of hydrogen-bond acceptors (Lipinski definition) is 10. The zero-order valence-electron chi connectivity index (χ0n) is 34.1. The maximum atomic E-state index is 14.9. The van der Waals surface area contributed by atoms with Crippen LogP contribution in [0.25, 0.3) is 22.3 Å². The molecule has 5 atom stereocenters. The number of rotatable bonds is 14. The zero-order valence-corrected chi connectivity index (χ0v) is 35.7. The van der Waals surface area contributed by atoms with E-state index in [9.17, 15) is 36.4 Å². The number of amides is 3. The molecule has 7 rings (SSSR count). The Labute approximate surface area is 353 Å². The molecule has 3 amide bonds. The predicted octanol–water partition coefficient (Wildman–Crippen LogP) is 6.38. The molecule has 3 aromatic rings. The maximum absolute atomic E-state index is 14.9. The lowest BCUT2D eigenvalue weighted by molar-refractivity contribution is -0.151. The molecule has 2 saturated heterocycles. The molecule has 0 spiro atoms. The number of hydrogen-bond donors (Lipinski definition) is 1. The van der Waals surface area contributed by atoms with Crippen LogP contribution in [0.4, 0.5) is 8.78 Å². The van der Waals surface area contributed by atoms with Crippen LogP contribution in [0, 0.1) is 22.7 Å². The van der Waals surface area contributed by atoms with E-state index in [0.717, 1.165) is 4.90 Å². The van der Waals surface area contributed by atoms with Gasteiger partial charge in [-0.25, -0.2) is 22.2 Å². The van der Waals surface area contributed by atoms with Gasteiger partial charge in [-0.3, -0.25) is 28.9 Å². The van der Waals surface area contributed by atoms with Crippen LogP contribution in [0.1, 0.15) is 72.1 Å². The number of allylic oxidation sites excluding steroid dienone is 1. The van der Waals surface area contributed by atoms with E-state index in [-0.39, 0.29) is 56.6 Å². The summed E-state index contributed by atoms with van der Waals surface area (Å²) in [5.74, 6) is -6.25. The van der Waals surface area contributed by atoms with Crippen molar-refractivity contribution in [1.29, 1.82) is 0 Å². The average Bonchev–Trinajstić information content (AvgIpc) is 4.13. The van der Waals surface area contributed by atoms with Crippen molar-refractivity contribution in [1.82, 2.24) is 24.5 Å². The summed E-state index contributed by atoms with van der Waals surface area (Å²) in [5.41, 5.74) is -0.922. The summed E-state index contributed by atoms with van der Waals surface area (Å²) >= 11 is 6.78. The van der Waals surface area contributed by atoms with E-state index in [0.29, 0.717) is 46.6 Å². The number of nitrogens with zero attached hydrogens (tertiary/aromatic N) is 4. The first-order valence-electron chi connectivity index (χ1n) is 20.2. The largest absolute Gasteiger partial charge is 0.495 e. The molecule has 0 bridgehead atoms. The van der Waals surface area contributed by atoms with Gasteiger partial charge in [-0.05, 0) is 61.3 Å². The number of pyridine rings is 2. The van der Waals surface area contributed by atoms with Crippen LogP contribution in [0.3, 0.4) is 0 Å². The number of aromatic nitrogens is 2. The monoisotopic (exact) mass is 869 g/mol. The Hall–Kier alpha value is -4.70. The van der Waals surface area contributed by atoms with Crippen LogP contribution in [0.5, 0.6) is 11.5 Å². The highest BCUT2D eigenvalue weighted by Gasteiger charge is 2.61. The van der Waals surface area contributed by atoms with Crippen molar-refractivity contribution in [3.63, 3.8) is 0 Å². The number of ether oxygens (including phenoxy) is 2. The molecule has 4 heterocycles. The summed E-state index contributed by atoms with van der Waals surface area (Å²) in [6, 6.07) is 9.28. The van der Waals surface area contributed by atoms with Crippen LogP contribution in [-0.2, 0) is 29.2 Å². The predicted molar refractivity (Wildman–Crippen MR) is 220 cm³/mol. The fourth-order valence-electron chi connectivity index (χ4n) is 8.48. The molecule has 17 heteroatoms. The summed E-state index contributed by atoms with van der Waals surface area (Å²) in [7, 11) is -2.45. The molecule has 0 unspecified atom stereocenters. The number of sulfonamides is 1. The number of carbonyl (C=O) groups excluding carboxylic acids is 4. The summed E-state index contributed by atoms with van der Waals surface area (Å²) in [5, 5.41) is 0.0816. The second-order valence-corrected chi connectivity index (χ2v) is 19.9. The second-order valence-electron chi connectivity index (χ2n) is 17.6. The SMILES string of the molecule is C=C[C@@H]1C[C@]1(CC(=O)[C@@H]1C[C@@H](Oc2cc(-c3ccccn3)nc3c(Cl)c(OC)ccc23)CN1C(=O)[C@@H](CC(=O)N1CCCC(F)(F)C1)C(C)(C)C)C(=O)NS(=O)(=O)C1CC1. The van der Waals surface area contributed by atoms with E-state index in [2.05, 4.69) is 16.3 Å². The van der Waals surface area contributed by atoms with E-state index in [1.165, 1.54) is 18.1 Å². The molecule has 4 aliphatic rings. The van der Waals surface area contributed by atoms with Crippen molar-refractivity contribution in [2.24, 2.45) is 22.7 Å². The van der Waals surface area contributed by atoms with Gasteiger partial charge in [0, 0.05) is 49.9 Å². The molecule has 2 aliphatic heterocycles. The Morgan fingerprint density at radius 2 is 1.87 bits per heavy atom. The molecular weight excluding hydrogens is 820 g/mol. The van der Waals surface area contributed by atoms with Gasteiger partial charge in [0.15, 0.2) is 5.78 Å². The lowest BCUT2D eigenvalue weighted by Crippen LogP contribution is -2.51. The number of likely N-dealkylation sites (tertiary alicyclic amines) is 2. The quantitative estimate of drug-likeness (QED) is 0.180. The third-order valence-corrected chi connectivity index (χ3v) is 14.4. The fraction of sp³-hybridized carbons (Fsp3) is 0.535. The molecule has 60 heavy (non-hydrogen) atoms. The van der Waals surface area contributed by atoms with Crippen molar-refractivity contribution in [2.45, 2.75) is 95.5 Å². The number of halogens is 3. The maximum Gasteiger partial charge on any atom is 0.265 e. The van der Waals surface area contributed by atoms with Gasteiger partial charge >= 0.3 is 0 Å². The lowest BCUT2D eigenvalue weighted by atomic mass is 9.77. The van der Waals surface area contributed by atoms with Gasteiger partial charge in [-0.15, -0.1) is 6.58 Å². The van der Waals surface area contributed by atoms with Crippen LogP contribution in [-0.4, -0.2) is 102 Å². The lowest BCUT2D eigenvalue weighted by Gasteiger charge is -2.37. The highest BCUT2D eigenvalue weighted by Crippen LogP contribution is 2.57. The Bertz CT molecular complexity index is 2320. The first kappa shape index (κ1) is 43.4. The summed E-state index contributed by atoms with van der Waals surface area (Å²) < 4.78 is 68.8. The topological polar surface area (TPSA) is 165 Å². The number of nitrogens with one attached hydrogen (secondary N) is 1. The summed E-state index contributed by atoms with van der Waals surface area (Å²) in [6.45, 7) is 8.42. The molecule has 13 nitrogen and oxygen atoms in total. The van der Waals surface area contributed by atoms with Crippen molar-refractivity contribution in [2.75, 3.05) is 26.7 Å². The highest BCUT2D eigenvalue weighted by molar-refractivity contribution is 7.90. The van der Waals surface area contributed by atoms with Crippen molar-refractivity contribution in [3.05, 3.63) is 60.3 Å². The smallest absolute Gasteiger partial charge is 0.265 e. The molecular formula is C43H50ClF2N5O8S. The minimum absolute atomic E-state index is 0.0167. The number of carbonyl (C=O) groups is 4. The van der Waals surface area contributed by atoms with Gasteiger partial charge in [0.25, 0.3) is 5.92 Å². The standard InChI is InChI=1S/C43H50ClF2N5O8S/c1-6-25-21-42(25,40(55)49-60(56,57)27-11-12-27)22-33(52)32-18-26(23-51(32)39(54)29(41(2,3)4)19-36(53)50-17-9-15-43(45,46)24-50)59-35-20-31(30-10-7-8-16-47-30)48-38-28(35)13-14-34(58-5)37(38)44/h6-8,10,13-14,16,20,25-27,29,32H,1,9,11-12,15,17-19,21-24H2,2-5H3,(H,49,55)/t25-,26-,29-,32+,42-/m1/s1. The number of alkyl halides is 2. The fourth-order valence-corrected chi connectivity index (χ4v) is 10.1. The van der Waals surface area contributed by atoms with Crippen LogP contribution in [0.15, 0.2) is 55.3 Å². The third-order valence-electron chi connectivity index (χ3n) is 12.2. The molecule has 4 fully saturated rings. The van der Waals surface area contributed by atoms with Crippen LogP contribution >= 0.6 is 11.6 Å². The Balaban J connectivity index is 1.23. The average molecular weight is 870 g/mol. The molecule has 2 aromatic heterocycles. The van der Waals surface area contributed by atoms with Crippen molar-refractivity contribution in [3.8, 4) is 22.9 Å². The molecule has 322 valence electrons. The Morgan fingerprint density at radius 3 is 2.48 bits per heavy atom. The first-order chi connectivity index (χ1) is 28.3. The van der Waals surface area contributed by atoms with E-state index < -0.39 is 86.1 Å². The number of methoxy groups -OCH3 is 1. The molecule has 1 N–H and O–H groups in total. The number of ketones is 1. The van der Waals surface area contributed by atoms with Crippen LogP contribution < -0.4 is 14.2 Å². The highest BCUT2D eigenvalue weighted by atomic mass is 35.5. The van der Waals surface area contributed by atoms with E-state index in [4.69, 9.17) is 26.1 Å². The number of fused-ring (bicyclic) bond motifs is 1. The van der Waals surface area contributed by atoms with E-state index >= 15 is 0 Å². The minimum atomic E-state index is -3.93. The van der Waals surface area contributed by atoms with Gasteiger partial charge in [-0.1, -0.05) is 44.5 Å². The van der Waals surface area contributed by atoms with E-state index in [1.807, 2.05) is 0 Å². The molecule has 1 aromatic carbocycles. The molecule has 2 saturated carbocycles. The summed E-state index contributed by atoms with van der Waals surface area (Å²) in [4.78, 5) is 68.6. The van der Waals surface area contributed by atoms with Crippen LogP contribution in [0.2, 0.25) is 5.02 Å². The van der Waals surface area contributed by atoms with Gasteiger partial charge in [0.2, 0.25) is 27.7 Å². The number of piperidine rings is 1. The molecule has 2 aliphatic carbocycles. The summed E-state index contributed by atoms with van der Waals surface area (Å²) in [6.07, 6.45) is 2.44. The second kappa shape index (κ2) is 16.3. The molecule has 0 radical (unpaired) electrons. The Morgan fingerprint density at radius 1 is 1.12 bits per heavy atom. The normalized spacial score (nSPS) is 24.4. The van der Waals surface area contributed by atoms with Gasteiger partial charge in [0.1, 0.15) is 22.6 Å². The first-order valence-corrected chi connectivity index (χ1v) is 22.1.